The molecule has 24 heavy (non-hydrogen) atoms. The summed E-state index contributed by atoms with van der Waals surface area (Å²) in [4.78, 5) is 12.2. The molecular weight excluding hydrogens is 322 g/mol. The van der Waals surface area contributed by atoms with Gasteiger partial charge in [0.05, 0.1) is 5.75 Å². The fourth-order valence-electron chi connectivity index (χ4n) is 2.39. The summed E-state index contributed by atoms with van der Waals surface area (Å²) in [6, 6.07) is 14.5. The molecule has 128 valence electrons. The average molecular weight is 345 g/mol. The van der Waals surface area contributed by atoms with E-state index in [0.29, 0.717) is 11.1 Å². The van der Waals surface area contributed by atoms with Gasteiger partial charge >= 0.3 is 0 Å². The zero-order valence-electron chi connectivity index (χ0n) is 14.1. The molecule has 0 spiro atoms. The van der Waals surface area contributed by atoms with Crippen molar-refractivity contribution >= 4 is 21.4 Å². The van der Waals surface area contributed by atoms with Crippen LogP contribution in [0.5, 0.6) is 0 Å². The lowest BCUT2D eigenvalue weighted by molar-refractivity contribution is 0.102. The molecule has 0 saturated carbocycles. The Kier molecular flexibility index (Phi) is 6.15. The SMILES string of the molecule is CCCCc1ccc(NC(=O)c2ccc(CS(C)(=O)=O)cc2)cc1. The number of aryl methyl sites for hydroxylation is 1. The molecular formula is C19H23NO3S. The Hall–Kier alpha value is -2.14. The summed E-state index contributed by atoms with van der Waals surface area (Å²) in [7, 11) is -3.07. The molecule has 2 rings (SSSR count). The van der Waals surface area contributed by atoms with Gasteiger partial charge in [-0.15, -0.1) is 0 Å². The van der Waals surface area contributed by atoms with Gasteiger partial charge in [-0.05, 0) is 48.2 Å². The number of hydrogen-bond acceptors (Lipinski definition) is 3. The fourth-order valence-corrected chi connectivity index (χ4v) is 3.19. The summed E-state index contributed by atoms with van der Waals surface area (Å²) in [5.41, 5.74) is 3.19. The summed E-state index contributed by atoms with van der Waals surface area (Å²) in [5.74, 6) is -0.226. The van der Waals surface area contributed by atoms with Gasteiger partial charge in [0.1, 0.15) is 0 Å². The van der Waals surface area contributed by atoms with Crippen molar-refractivity contribution in [3.63, 3.8) is 0 Å². The number of benzene rings is 2. The van der Waals surface area contributed by atoms with Crippen molar-refractivity contribution < 1.29 is 13.2 Å². The summed E-state index contributed by atoms with van der Waals surface area (Å²) in [6.07, 6.45) is 4.56. The van der Waals surface area contributed by atoms with E-state index in [2.05, 4.69) is 12.2 Å². The fraction of sp³-hybridized carbons (Fsp3) is 0.316. The highest BCUT2D eigenvalue weighted by Gasteiger charge is 2.08. The minimum Gasteiger partial charge on any atom is -0.322 e. The standard InChI is InChI=1S/C19H23NO3S/c1-3-4-5-15-8-12-18(13-9-15)20-19(21)17-10-6-16(7-11-17)14-24(2,22)23/h6-13H,3-5,14H2,1-2H3,(H,20,21). The topological polar surface area (TPSA) is 63.2 Å². The Bertz CT molecular complexity index is 778. The first-order chi connectivity index (χ1) is 11.4. The molecule has 0 aliphatic rings. The first-order valence-corrected chi connectivity index (χ1v) is 10.1. The van der Waals surface area contributed by atoms with Crippen LogP contribution in [-0.2, 0) is 22.0 Å². The van der Waals surface area contributed by atoms with E-state index in [1.165, 1.54) is 11.8 Å². The number of carbonyl (C=O) groups excluding carboxylic acids is 1. The van der Waals surface area contributed by atoms with Gasteiger partial charge in [-0.2, -0.15) is 0 Å². The van der Waals surface area contributed by atoms with E-state index in [4.69, 9.17) is 0 Å². The number of hydrogen-bond donors (Lipinski definition) is 1. The second kappa shape index (κ2) is 8.11. The smallest absolute Gasteiger partial charge is 0.255 e. The molecule has 0 radical (unpaired) electrons. The molecule has 0 unspecified atom stereocenters. The van der Waals surface area contributed by atoms with Crippen molar-refractivity contribution in [1.29, 1.82) is 0 Å². The summed E-state index contributed by atoms with van der Waals surface area (Å²) >= 11 is 0. The van der Waals surface area contributed by atoms with Crippen LogP contribution >= 0.6 is 0 Å². The first kappa shape index (κ1) is 18.2. The van der Waals surface area contributed by atoms with Crippen molar-refractivity contribution in [3.05, 3.63) is 65.2 Å². The normalized spacial score (nSPS) is 11.2. The molecule has 0 fully saturated rings. The second-order valence-corrected chi connectivity index (χ2v) is 8.16. The van der Waals surface area contributed by atoms with E-state index in [1.54, 1.807) is 24.3 Å². The van der Waals surface area contributed by atoms with Crippen LogP contribution < -0.4 is 5.32 Å². The van der Waals surface area contributed by atoms with Crippen molar-refractivity contribution in [3.8, 4) is 0 Å². The van der Waals surface area contributed by atoms with E-state index >= 15 is 0 Å². The lowest BCUT2D eigenvalue weighted by Gasteiger charge is -2.07. The number of carbonyl (C=O) groups is 1. The molecule has 0 saturated heterocycles. The molecule has 0 aliphatic carbocycles. The highest BCUT2D eigenvalue weighted by atomic mass is 32.2. The molecule has 1 amide bonds. The minimum absolute atomic E-state index is 0.0197. The van der Waals surface area contributed by atoms with E-state index in [0.717, 1.165) is 24.9 Å². The quantitative estimate of drug-likeness (QED) is 0.829. The number of nitrogens with one attached hydrogen (secondary N) is 1. The van der Waals surface area contributed by atoms with Gasteiger partial charge in [-0.25, -0.2) is 8.42 Å². The van der Waals surface area contributed by atoms with E-state index < -0.39 is 9.84 Å². The van der Waals surface area contributed by atoms with E-state index in [9.17, 15) is 13.2 Å². The molecule has 0 aromatic heterocycles. The first-order valence-electron chi connectivity index (χ1n) is 8.04. The highest BCUT2D eigenvalue weighted by molar-refractivity contribution is 7.89. The Morgan fingerprint density at radius 2 is 1.54 bits per heavy atom. The lowest BCUT2D eigenvalue weighted by Crippen LogP contribution is -2.12. The maximum atomic E-state index is 12.2. The van der Waals surface area contributed by atoms with Crippen LogP contribution in [0.1, 0.15) is 41.3 Å². The monoisotopic (exact) mass is 345 g/mol. The highest BCUT2D eigenvalue weighted by Crippen LogP contribution is 2.14. The molecule has 2 aromatic rings. The third kappa shape index (κ3) is 5.81. The Morgan fingerprint density at radius 3 is 2.08 bits per heavy atom. The van der Waals surface area contributed by atoms with Crippen LogP contribution in [0.4, 0.5) is 5.69 Å². The van der Waals surface area contributed by atoms with Gasteiger partial charge in [0, 0.05) is 17.5 Å². The second-order valence-electron chi connectivity index (χ2n) is 6.02. The zero-order valence-corrected chi connectivity index (χ0v) is 14.9. The van der Waals surface area contributed by atoms with Crippen LogP contribution in [0.2, 0.25) is 0 Å². The zero-order chi connectivity index (χ0) is 17.6. The van der Waals surface area contributed by atoms with Crippen molar-refractivity contribution in [2.24, 2.45) is 0 Å². The number of anilines is 1. The molecule has 0 atom stereocenters. The third-order valence-corrected chi connectivity index (χ3v) is 4.53. The van der Waals surface area contributed by atoms with Gasteiger partial charge in [-0.1, -0.05) is 37.6 Å². The van der Waals surface area contributed by atoms with E-state index in [-0.39, 0.29) is 11.7 Å². The Morgan fingerprint density at radius 1 is 0.958 bits per heavy atom. The molecule has 0 bridgehead atoms. The molecule has 0 aliphatic heterocycles. The van der Waals surface area contributed by atoms with E-state index in [1.807, 2.05) is 24.3 Å². The van der Waals surface area contributed by atoms with Crippen molar-refractivity contribution in [1.82, 2.24) is 0 Å². The Labute approximate surface area is 143 Å². The lowest BCUT2D eigenvalue weighted by atomic mass is 10.1. The maximum Gasteiger partial charge on any atom is 0.255 e. The minimum atomic E-state index is -3.07. The number of rotatable bonds is 7. The van der Waals surface area contributed by atoms with Gasteiger partial charge in [0.2, 0.25) is 0 Å². The van der Waals surface area contributed by atoms with Gasteiger partial charge in [0.25, 0.3) is 5.91 Å². The van der Waals surface area contributed by atoms with Crippen LogP contribution in [0, 0.1) is 0 Å². The molecule has 5 heteroatoms. The van der Waals surface area contributed by atoms with Gasteiger partial charge in [-0.3, -0.25) is 4.79 Å². The van der Waals surface area contributed by atoms with Crippen LogP contribution in [0.3, 0.4) is 0 Å². The predicted molar refractivity (Wildman–Crippen MR) is 98.0 cm³/mol. The molecule has 4 nitrogen and oxygen atoms in total. The van der Waals surface area contributed by atoms with Crippen LogP contribution in [0.15, 0.2) is 48.5 Å². The summed E-state index contributed by atoms with van der Waals surface area (Å²) < 4.78 is 22.5. The molecule has 0 heterocycles. The van der Waals surface area contributed by atoms with Crippen LogP contribution in [0.25, 0.3) is 0 Å². The number of unbranched alkanes of at least 4 members (excludes halogenated alkanes) is 1. The summed E-state index contributed by atoms with van der Waals surface area (Å²) in [5, 5.41) is 2.85. The largest absolute Gasteiger partial charge is 0.322 e. The van der Waals surface area contributed by atoms with Crippen molar-refractivity contribution in [2.45, 2.75) is 31.9 Å². The van der Waals surface area contributed by atoms with Gasteiger partial charge < -0.3 is 5.32 Å². The maximum absolute atomic E-state index is 12.2. The predicted octanol–water partition coefficient (Wildman–Crippen LogP) is 3.83. The average Bonchev–Trinajstić information content (AvgIpc) is 2.53. The number of sulfone groups is 1. The Balaban J connectivity index is 1.99. The molecule has 1 N–H and O–H groups in total. The van der Waals surface area contributed by atoms with Crippen LogP contribution in [-0.4, -0.2) is 20.6 Å². The molecule has 2 aromatic carbocycles. The van der Waals surface area contributed by atoms with Crippen molar-refractivity contribution in [2.75, 3.05) is 11.6 Å². The summed E-state index contributed by atoms with van der Waals surface area (Å²) in [6.45, 7) is 2.16. The van der Waals surface area contributed by atoms with Gasteiger partial charge in [0.15, 0.2) is 9.84 Å². The number of amides is 1. The third-order valence-electron chi connectivity index (χ3n) is 3.68.